The van der Waals surface area contributed by atoms with Crippen LogP contribution in [0.4, 0.5) is 0 Å². The van der Waals surface area contributed by atoms with Crippen molar-refractivity contribution in [3.05, 3.63) is 39.2 Å². The molecular weight excluding hydrogens is 312 g/mol. The summed E-state index contributed by atoms with van der Waals surface area (Å²) in [6.45, 7) is 3.17. The van der Waals surface area contributed by atoms with Crippen LogP contribution in [0.3, 0.4) is 0 Å². The highest BCUT2D eigenvalue weighted by molar-refractivity contribution is 7.09. The molecule has 0 aromatic carbocycles. The molecule has 5 nitrogen and oxygen atoms in total. The van der Waals surface area contributed by atoms with E-state index in [1.54, 1.807) is 17.6 Å². The van der Waals surface area contributed by atoms with E-state index in [0.717, 1.165) is 53.9 Å². The van der Waals surface area contributed by atoms with Crippen LogP contribution >= 0.6 is 11.3 Å². The minimum Gasteiger partial charge on any atom is -0.459 e. The first-order valence-electron chi connectivity index (χ1n) is 8.10. The number of aromatic nitrogens is 1. The van der Waals surface area contributed by atoms with Gasteiger partial charge in [-0.3, -0.25) is 4.79 Å². The molecule has 1 saturated carbocycles. The van der Waals surface area contributed by atoms with Crippen molar-refractivity contribution in [2.75, 3.05) is 6.61 Å². The molecule has 6 heteroatoms. The van der Waals surface area contributed by atoms with E-state index in [0.29, 0.717) is 19.0 Å². The van der Waals surface area contributed by atoms with Gasteiger partial charge in [-0.1, -0.05) is 12.8 Å². The second-order valence-corrected chi connectivity index (χ2v) is 7.27. The van der Waals surface area contributed by atoms with Gasteiger partial charge in [-0.15, -0.1) is 11.3 Å². The summed E-state index contributed by atoms with van der Waals surface area (Å²) in [5.41, 5.74) is 2.67. The topological polar surface area (TPSA) is 64.4 Å². The van der Waals surface area contributed by atoms with Crippen LogP contribution in [0.5, 0.6) is 0 Å². The molecule has 0 saturated heterocycles. The summed E-state index contributed by atoms with van der Waals surface area (Å²) in [4.78, 5) is 17.5. The number of ether oxygens (including phenoxy) is 1. The molecule has 2 aromatic heterocycles. The fraction of sp³-hybridized carbons (Fsp3) is 0.529. The van der Waals surface area contributed by atoms with Crippen LogP contribution in [0, 0.1) is 6.92 Å². The van der Waals surface area contributed by atoms with E-state index < -0.39 is 0 Å². The third kappa shape index (κ3) is 2.60. The number of hydrogen-bond donors (Lipinski definition) is 1. The highest BCUT2D eigenvalue weighted by Crippen LogP contribution is 2.40. The number of nitrogens with one attached hydrogen (secondary N) is 1. The van der Waals surface area contributed by atoms with Gasteiger partial charge in [-0.05, 0) is 19.8 Å². The molecule has 1 amide bonds. The van der Waals surface area contributed by atoms with Crippen LogP contribution in [-0.4, -0.2) is 17.5 Å². The average molecular weight is 332 g/mol. The molecule has 1 aliphatic heterocycles. The Morgan fingerprint density at radius 2 is 2.22 bits per heavy atom. The van der Waals surface area contributed by atoms with Crippen molar-refractivity contribution in [3.63, 3.8) is 0 Å². The third-order valence-electron chi connectivity index (χ3n) is 4.78. The van der Waals surface area contributed by atoms with Crippen molar-refractivity contribution < 1.29 is 13.9 Å². The van der Waals surface area contributed by atoms with Crippen molar-refractivity contribution in [1.29, 1.82) is 0 Å². The second kappa shape index (κ2) is 5.76. The molecule has 2 aliphatic rings. The first-order chi connectivity index (χ1) is 11.2. The zero-order chi connectivity index (χ0) is 15.9. The molecular formula is C17H20N2O3S. The van der Waals surface area contributed by atoms with Gasteiger partial charge in [0.05, 0.1) is 25.0 Å². The van der Waals surface area contributed by atoms with E-state index in [2.05, 4.69) is 10.3 Å². The highest BCUT2D eigenvalue weighted by Gasteiger charge is 2.40. The monoisotopic (exact) mass is 332 g/mol. The second-order valence-electron chi connectivity index (χ2n) is 6.41. The lowest BCUT2D eigenvalue weighted by molar-refractivity contribution is 0.0864. The number of aryl methyl sites for hydroxylation is 1. The van der Waals surface area contributed by atoms with Gasteiger partial charge in [-0.25, -0.2) is 4.98 Å². The van der Waals surface area contributed by atoms with Gasteiger partial charge < -0.3 is 14.5 Å². The minimum absolute atomic E-state index is 0.122. The largest absolute Gasteiger partial charge is 0.459 e. The predicted octanol–water partition coefficient (Wildman–Crippen LogP) is 3.32. The number of nitrogens with zero attached hydrogens (tertiary/aromatic N) is 1. The van der Waals surface area contributed by atoms with E-state index in [-0.39, 0.29) is 11.4 Å². The summed E-state index contributed by atoms with van der Waals surface area (Å²) in [6, 6.07) is 0. The number of carbonyl (C=O) groups excluding carboxylic acids is 1. The van der Waals surface area contributed by atoms with E-state index in [1.807, 2.05) is 12.3 Å². The SMILES string of the molecule is Cc1csc(C2(NC(=O)c3occ4c3CCOC4)CCCC2)n1. The van der Waals surface area contributed by atoms with Gasteiger partial charge in [-0.2, -0.15) is 0 Å². The average Bonchev–Trinajstić information content (AvgIpc) is 3.26. The van der Waals surface area contributed by atoms with Crippen LogP contribution in [0.1, 0.15) is 58.1 Å². The fourth-order valence-electron chi connectivity index (χ4n) is 3.58. The number of furan rings is 1. The highest BCUT2D eigenvalue weighted by atomic mass is 32.1. The molecule has 1 aliphatic carbocycles. The zero-order valence-electron chi connectivity index (χ0n) is 13.2. The number of amides is 1. The maximum atomic E-state index is 12.9. The van der Waals surface area contributed by atoms with Crippen molar-refractivity contribution >= 4 is 17.2 Å². The number of fused-ring (bicyclic) bond motifs is 1. The van der Waals surface area contributed by atoms with E-state index in [9.17, 15) is 4.79 Å². The Morgan fingerprint density at radius 3 is 2.96 bits per heavy atom. The summed E-state index contributed by atoms with van der Waals surface area (Å²) in [7, 11) is 0. The molecule has 0 atom stereocenters. The first-order valence-corrected chi connectivity index (χ1v) is 8.98. The fourth-order valence-corrected chi connectivity index (χ4v) is 4.59. The molecule has 2 aromatic rings. The quantitative estimate of drug-likeness (QED) is 0.936. The maximum Gasteiger partial charge on any atom is 0.288 e. The smallest absolute Gasteiger partial charge is 0.288 e. The standard InChI is InChI=1S/C17H20N2O3S/c1-11-10-23-16(18-11)17(5-2-3-6-17)19-15(20)14-13-4-7-21-8-12(13)9-22-14/h9-10H,2-8H2,1H3,(H,19,20). The Bertz CT molecular complexity index is 728. The zero-order valence-corrected chi connectivity index (χ0v) is 14.0. The van der Waals surface area contributed by atoms with Gasteiger partial charge in [0.25, 0.3) is 5.91 Å². The van der Waals surface area contributed by atoms with Gasteiger partial charge in [0.15, 0.2) is 5.76 Å². The van der Waals surface area contributed by atoms with Gasteiger partial charge in [0.1, 0.15) is 5.01 Å². The molecule has 3 heterocycles. The van der Waals surface area contributed by atoms with Gasteiger partial charge in [0, 0.05) is 28.6 Å². The van der Waals surface area contributed by atoms with Crippen LogP contribution < -0.4 is 5.32 Å². The summed E-state index contributed by atoms with van der Waals surface area (Å²) < 4.78 is 11.0. The lowest BCUT2D eigenvalue weighted by Gasteiger charge is -2.28. The Balaban J connectivity index is 1.62. The lowest BCUT2D eigenvalue weighted by atomic mass is 9.97. The number of hydrogen-bond acceptors (Lipinski definition) is 5. The molecule has 0 radical (unpaired) electrons. The molecule has 1 fully saturated rings. The van der Waals surface area contributed by atoms with Gasteiger partial charge in [0.2, 0.25) is 0 Å². The van der Waals surface area contributed by atoms with Gasteiger partial charge >= 0.3 is 0 Å². The van der Waals surface area contributed by atoms with Crippen LogP contribution in [0.2, 0.25) is 0 Å². The number of carbonyl (C=O) groups is 1. The molecule has 0 spiro atoms. The normalized spacial score (nSPS) is 19.5. The van der Waals surface area contributed by atoms with E-state index in [4.69, 9.17) is 9.15 Å². The van der Waals surface area contributed by atoms with Crippen molar-refractivity contribution in [2.45, 2.75) is 51.2 Å². The molecule has 0 bridgehead atoms. The summed E-state index contributed by atoms with van der Waals surface area (Å²) in [5.74, 6) is 0.325. The Morgan fingerprint density at radius 1 is 1.39 bits per heavy atom. The van der Waals surface area contributed by atoms with Crippen LogP contribution in [0.25, 0.3) is 0 Å². The maximum absolute atomic E-state index is 12.9. The Hall–Kier alpha value is -1.66. The Labute approximate surface area is 139 Å². The summed E-state index contributed by atoms with van der Waals surface area (Å²) in [5, 5.41) is 6.32. The third-order valence-corrected chi connectivity index (χ3v) is 5.94. The summed E-state index contributed by atoms with van der Waals surface area (Å²) >= 11 is 1.64. The molecule has 23 heavy (non-hydrogen) atoms. The molecule has 0 unspecified atom stereocenters. The van der Waals surface area contributed by atoms with Crippen molar-refractivity contribution in [3.8, 4) is 0 Å². The lowest BCUT2D eigenvalue weighted by Crippen LogP contribution is -2.44. The van der Waals surface area contributed by atoms with E-state index >= 15 is 0 Å². The van der Waals surface area contributed by atoms with Crippen molar-refractivity contribution in [2.24, 2.45) is 0 Å². The predicted molar refractivity (Wildman–Crippen MR) is 86.5 cm³/mol. The molecule has 4 rings (SSSR count). The van der Waals surface area contributed by atoms with Crippen molar-refractivity contribution in [1.82, 2.24) is 10.3 Å². The minimum atomic E-state index is -0.332. The molecule has 122 valence electrons. The Kier molecular flexibility index (Phi) is 3.73. The first kappa shape index (κ1) is 14.9. The molecule has 1 N–H and O–H groups in total. The van der Waals surface area contributed by atoms with Crippen LogP contribution in [-0.2, 0) is 23.3 Å². The summed E-state index contributed by atoms with van der Waals surface area (Å²) in [6.07, 6.45) is 6.50. The number of rotatable bonds is 3. The van der Waals surface area contributed by atoms with Crippen LogP contribution in [0.15, 0.2) is 16.1 Å². The number of thiazole rings is 1. The van der Waals surface area contributed by atoms with E-state index in [1.165, 1.54) is 0 Å².